The molecule has 1 saturated heterocycles. The molecule has 1 heterocycles. The number of carbonyl (C=O) groups excluding carboxylic acids is 2. The first-order chi connectivity index (χ1) is 9.45. The van der Waals surface area contributed by atoms with Gasteiger partial charge in [-0.25, -0.2) is 0 Å². The summed E-state index contributed by atoms with van der Waals surface area (Å²) in [5.74, 6) is -0.0534. The summed E-state index contributed by atoms with van der Waals surface area (Å²) >= 11 is 0. The smallest absolute Gasteiger partial charge is 0.250 e. The van der Waals surface area contributed by atoms with Crippen LogP contribution in [0.25, 0.3) is 0 Å². The second-order valence-corrected chi connectivity index (χ2v) is 5.65. The van der Waals surface area contributed by atoms with Crippen LogP contribution in [-0.2, 0) is 16.0 Å². The number of hydrogen-bond acceptors (Lipinski definition) is 2. The molecule has 0 spiro atoms. The number of anilines is 1. The summed E-state index contributed by atoms with van der Waals surface area (Å²) in [5.41, 5.74) is 1.98. The Kier molecular flexibility index (Phi) is 4.12. The molecule has 0 bridgehead atoms. The molecule has 0 saturated carbocycles. The molecule has 2 rings (SSSR count). The summed E-state index contributed by atoms with van der Waals surface area (Å²) in [4.78, 5) is 26.4. The van der Waals surface area contributed by atoms with Crippen molar-refractivity contribution in [2.24, 2.45) is 5.92 Å². The normalized spacial score (nSPS) is 23.1. The number of carbonyl (C=O) groups is 2. The van der Waals surface area contributed by atoms with Crippen LogP contribution in [0.2, 0.25) is 0 Å². The number of hydrogen-bond donors (Lipinski definition) is 1. The fourth-order valence-electron chi connectivity index (χ4n) is 2.64. The molecule has 1 fully saturated rings. The Labute approximate surface area is 120 Å². The van der Waals surface area contributed by atoms with Crippen LogP contribution in [0.15, 0.2) is 24.3 Å². The van der Waals surface area contributed by atoms with Crippen molar-refractivity contribution >= 4 is 17.5 Å². The van der Waals surface area contributed by atoms with Gasteiger partial charge < -0.3 is 5.32 Å². The third kappa shape index (κ3) is 2.55. The number of nitrogens with zero attached hydrogens (tertiary/aromatic N) is 1. The molecule has 1 aliphatic rings. The summed E-state index contributed by atoms with van der Waals surface area (Å²) in [5, 5.41) is 2.76. The first kappa shape index (κ1) is 14.6. The molecule has 108 valence electrons. The van der Waals surface area contributed by atoms with Crippen LogP contribution in [0.1, 0.15) is 33.3 Å². The number of nitrogens with one attached hydrogen (secondary N) is 1. The van der Waals surface area contributed by atoms with Crippen molar-refractivity contribution in [3.05, 3.63) is 29.8 Å². The largest absolute Gasteiger partial charge is 0.343 e. The maximum atomic E-state index is 12.5. The molecule has 4 nitrogen and oxygen atoms in total. The van der Waals surface area contributed by atoms with Crippen molar-refractivity contribution in [3.63, 3.8) is 0 Å². The van der Waals surface area contributed by atoms with Crippen molar-refractivity contribution in [2.75, 3.05) is 4.90 Å². The van der Waals surface area contributed by atoms with Gasteiger partial charge in [-0.1, -0.05) is 32.9 Å². The minimum absolute atomic E-state index is 0.0449. The number of benzene rings is 1. The molecule has 2 unspecified atom stereocenters. The number of rotatable bonds is 3. The van der Waals surface area contributed by atoms with Gasteiger partial charge in [0.2, 0.25) is 11.8 Å². The predicted octanol–water partition coefficient (Wildman–Crippen LogP) is 2.12. The summed E-state index contributed by atoms with van der Waals surface area (Å²) < 4.78 is 0. The molecule has 0 aromatic heterocycles. The zero-order valence-electron chi connectivity index (χ0n) is 12.5. The van der Waals surface area contributed by atoms with E-state index in [0.717, 1.165) is 17.7 Å². The van der Waals surface area contributed by atoms with Crippen molar-refractivity contribution in [1.82, 2.24) is 5.32 Å². The summed E-state index contributed by atoms with van der Waals surface area (Å²) in [6.07, 6.45) is 0.907. The highest BCUT2D eigenvalue weighted by Crippen LogP contribution is 2.26. The zero-order valence-corrected chi connectivity index (χ0v) is 12.5. The van der Waals surface area contributed by atoms with Crippen LogP contribution in [-0.4, -0.2) is 23.9 Å². The third-order valence-electron chi connectivity index (χ3n) is 3.74. The number of piperazine rings is 1. The van der Waals surface area contributed by atoms with Crippen molar-refractivity contribution in [3.8, 4) is 0 Å². The van der Waals surface area contributed by atoms with E-state index in [2.05, 4.69) is 12.2 Å². The van der Waals surface area contributed by atoms with E-state index >= 15 is 0 Å². The number of amides is 2. The Morgan fingerprint density at radius 3 is 2.60 bits per heavy atom. The summed E-state index contributed by atoms with van der Waals surface area (Å²) in [7, 11) is 0. The van der Waals surface area contributed by atoms with E-state index in [1.54, 1.807) is 11.8 Å². The monoisotopic (exact) mass is 274 g/mol. The average molecular weight is 274 g/mol. The van der Waals surface area contributed by atoms with Crippen LogP contribution in [0.3, 0.4) is 0 Å². The van der Waals surface area contributed by atoms with E-state index in [4.69, 9.17) is 0 Å². The molecule has 0 aliphatic carbocycles. The predicted molar refractivity (Wildman–Crippen MR) is 79.5 cm³/mol. The molecule has 4 heteroatoms. The minimum atomic E-state index is -0.470. The van der Waals surface area contributed by atoms with Gasteiger partial charge in [0.05, 0.1) is 0 Å². The van der Waals surface area contributed by atoms with Crippen LogP contribution in [0, 0.1) is 5.92 Å². The molecule has 0 radical (unpaired) electrons. The van der Waals surface area contributed by atoms with E-state index in [0.29, 0.717) is 0 Å². The van der Waals surface area contributed by atoms with Gasteiger partial charge in [0.1, 0.15) is 12.1 Å². The van der Waals surface area contributed by atoms with Crippen LogP contribution in [0.4, 0.5) is 5.69 Å². The van der Waals surface area contributed by atoms with E-state index in [1.807, 2.05) is 38.1 Å². The van der Waals surface area contributed by atoms with Gasteiger partial charge in [-0.2, -0.15) is 0 Å². The highest BCUT2D eigenvalue weighted by molar-refractivity contribution is 6.08. The maximum absolute atomic E-state index is 12.5. The van der Waals surface area contributed by atoms with Gasteiger partial charge in [-0.15, -0.1) is 0 Å². The van der Waals surface area contributed by atoms with E-state index in [9.17, 15) is 9.59 Å². The molecular formula is C16H22N2O2. The molecule has 1 aliphatic heterocycles. The van der Waals surface area contributed by atoms with Crippen LogP contribution >= 0.6 is 0 Å². The molecule has 20 heavy (non-hydrogen) atoms. The van der Waals surface area contributed by atoms with Crippen molar-refractivity contribution < 1.29 is 9.59 Å². The standard InChI is InChI=1S/C16H22N2O2/c1-5-12-7-6-8-13(9-12)18-14(10(2)3)15(19)17-11(4)16(18)20/h6-11,14H,5H2,1-4H3,(H,17,19). The Morgan fingerprint density at radius 1 is 1.30 bits per heavy atom. The summed E-state index contributed by atoms with van der Waals surface area (Å²) in [6.45, 7) is 7.73. The molecule has 2 atom stereocenters. The topological polar surface area (TPSA) is 49.4 Å². The zero-order chi connectivity index (χ0) is 14.9. The highest BCUT2D eigenvalue weighted by Gasteiger charge is 2.40. The van der Waals surface area contributed by atoms with Gasteiger partial charge in [0.25, 0.3) is 0 Å². The van der Waals surface area contributed by atoms with Gasteiger partial charge in [0.15, 0.2) is 0 Å². The second kappa shape index (κ2) is 5.65. The first-order valence-electron chi connectivity index (χ1n) is 7.18. The molecular weight excluding hydrogens is 252 g/mol. The Hall–Kier alpha value is -1.84. The van der Waals surface area contributed by atoms with E-state index < -0.39 is 12.1 Å². The van der Waals surface area contributed by atoms with Gasteiger partial charge >= 0.3 is 0 Å². The minimum Gasteiger partial charge on any atom is -0.343 e. The van der Waals surface area contributed by atoms with Crippen molar-refractivity contribution in [2.45, 2.75) is 46.2 Å². The van der Waals surface area contributed by atoms with Gasteiger partial charge in [0, 0.05) is 5.69 Å². The fraction of sp³-hybridized carbons (Fsp3) is 0.500. The summed E-state index contributed by atoms with van der Waals surface area (Å²) in [6, 6.07) is 6.96. The highest BCUT2D eigenvalue weighted by atomic mass is 16.2. The maximum Gasteiger partial charge on any atom is 0.250 e. The lowest BCUT2D eigenvalue weighted by Crippen LogP contribution is -2.64. The molecule has 1 aromatic rings. The van der Waals surface area contributed by atoms with Crippen molar-refractivity contribution in [1.29, 1.82) is 0 Å². The van der Waals surface area contributed by atoms with E-state index in [1.165, 1.54) is 0 Å². The average Bonchev–Trinajstić information content (AvgIpc) is 2.42. The lowest BCUT2D eigenvalue weighted by molar-refractivity contribution is -0.134. The quantitative estimate of drug-likeness (QED) is 0.918. The Bertz CT molecular complexity index is 525. The lowest BCUT2D eigenvalue weighted by Gasteiger charge is -2.40. The van der Waals surface area contributed by atoms with Crippen LogP contribution < -0.4 is 10.2 Å². The Morgan fingerprint density at radius 2 is 2.00 bits per heavy atom. The SMILES string of the molecule is CCc1cccc(N2C(=O)C(C)NC(=O)C2C(C)C)c1. The molecule has 1 aromatic carbocycles. The molecule has 2 amide bonds. The fourth-order valence-corrected chi connectivity index (χ4v) is 2.64. The second-order valence-electron chi connectivity index (χ2n) is 5.65. The van der Waals surface area contributed by atoms with Gasteiger partial charge in [-0.3, -0.25) is 14.5 Å². The van der Waals surface area contributed by atoms with Crippen LogP contribution in [0.5, 0.6) is 0 Å². The van der Waals surface area contributed by atoms with E-state index in [-0.39, 0.29) is 17.7 Å². The number of aryl methyl sites for hydroxylation is 1. The van der Waals surface area contributed by atoms with Gasteiger partial charge in [-0.05, 0) is 37.0 Å². The lowest BCUT2D eigenvalue weighted by atomic mass is 9.96. The Balaban J connectivity index is 2.46. The first-order valence-corrected chi connectivity index (χ1v) is 7.18. The molecule has 1 N–H and O–H groups in total. The third-order valence-corrected chi connectivity index (χ3v) is 3.74.